The van der Waals surface area contributed by atoms with Crippen LogP contribution >= 0.6 is 15.9 Å². The number of para-hydroxylation sites is 2. The summed E-state index contributed by atoms with van der Waals surface area (Å²) < 4.78 is 42.6. The lowest BCUT2D eigenvalue weighted by Crippen LogP contribution is -2.41. The molecule has 0 bridgehead atoms. The van der Waals surface area contributed by atoms with Crippen LogP contribution in [0.5, 0.6) is 0 Å². The van der Waals surface area contributed by atoms with E-state index in [1.165, 1.54) is 82.6 Å². The Kier molecular flexibility index (Phi) is 15.9. The Morgan fingerprint density at radius 1 is 0.267 bits per heavy atom. The van der Waals surface area contributed by atoms with Crippen molar-refractivity contribution in [2.45, 2.75) is 117 Å². The van der Waals surface area contributed by atoms with Crippen molar-refractivity contribution >= 4 is 86.1 Å². The van der Waals surface area contributed by atoms with Crippen LogP contribution < -0.4 is 5.46 Å². The van der Waals surface area contributed by atoms with Crippen LogP contribution in [0.4, 0.5) is 0 Å². The average molecular weight is 1250 g/mol. The van der Waals surface area contributed by atoms with Crippen LogP contribution in [0.2, 0.25) is 0 Å². The molecule has 450 valence electrons. The summed E-state index contributed by atoms with van der Waals surface area (Å²) in [6.07, 6.45) is 0. The number of benzene rings is 10. The number of nitrogens with zero attached hydrogens (tertiary/aromatic N) is 2. The van der Waals surface area contributed by atoms with Gasteiger partial charge in [-0.1, -0.05) is 192 Å². The molecule has 0 unspecified atom stereocenters. The van der Waals surface area contributed by atoms with Crippen LogP contribution in [-0.4, -0.2) is 63.9 Å². The van der Waals surface area contributed by atoms with Crippen LogP contribution in [-0.2, 0) is 27.9 Å². The number of rotatable bonds is 8. The van der Waals surface area contributed by atoms with Crippen molar-refractivity contribution in [3.63, 3.8) is 0 Å². The van der Waals surface area contributed by atoms with E-state index >= 15 is 0 Å². The predicted octanol–water partition coefficient (Wildman–Crippen LogP) is 19.5. The maximum atomic E-state index is 6.44. The van der Waals surface area contributed by atoms with Crippen molar-refractivity contribution in [1.29, 1.82) is 0 Å². The topological polar surface area (TPSA) is 65.2 Å². The Bertz CT molecular complexity index is 4410. The molecule has 3 saturated heterocycles. The normalized spacial score (nSPS) is 17.6. The zero-order valence-corrected chi connectivity index (χ0v) is 55.1. The molecule has 12 aromatic rings. The molecule has 5 heterocycles. The number of fused-ring (bicyclic) bond motifs is 6. The van der Waals surface area contributed by atoms with Crippen molar-refractivity contribution in [1.82, 2.24) is 9.13 Å². The summed E-state index contributed by atoms with van der Waals surface area (Å²) in [4.78, 5) is 0. The Morgan fingerprint density at radius 2 is 0.556 bits per heavy atom. The van der Waals surface area contributed by atoms with Gasteiger partial charge >= 0.3 is 21.1 Å². The van der Waals surface area contributed by atoms with Gasteiger partial charge in [0.05, 0.1) is 55.7 Å². The summed E-state index contributed by atoms with van der Waals surface area (Å²) in [7, 11) is -1.37. The number of hydrogen-bond donors (Lipinski definition) is 0. The van der Waals surface area contributed by atoms with Gasteiger partial charge in [0.25, 0.3) is 0 Å². The molecule has 15 rings (SSSR count). The molecule has 0 saturated carbocycles. The third-order valence-electron chi connectivity index (χ3n) is 19.4. The molecule has 0 spiro atoms. The molecule has 2 aromatic heterocycles. The molecular formula is C78H76B3BrN2O6. The SMILES string of the molecule is Brc1ccc2c3ccccc3n(-c3cc(-c4ccccc4)cc(-c4ccccc4)c3)c2c1.CC1(C)OB(B2OC(C)(C)C(C)(C)O2)OC1(C)C.CC1(C)OB(c2ccc3c4ccccc4n(-c4cc(-c5ccccc5)cc(-c5ccccc5)c4)c3c2)OC1(C)C. The third kappa shape index (κ3) is 11.5. The molecule has 0 N–H and O–H groups in total. The van der Waals surface area contributed by atoms with Crippen molar-refractivity contribution < 1.29 is 27.9 Å². The second-order valence-corrected chi connectivity index (χ2v) is 27.9. The van der Waals surface area contributed by atoms with Crippen LogP contribution in [0.3, 0.4) is 0 Å². The lowest BCUT2D eigenvalue weighted by Gasteiger charge is -2.32. The predicted molar refractivity (Wildman–Crippen MR) is 379 cm³/mol. The molecule has 0 aliphatic carbocycles. The summed E-state index contributed by atoms with van der Waals surface area (Å²) in [5.74, 6) is 0. The van der Waals surface area contributed by atoms with Crippen molar-refractivity contribution in [3.05, 3.63) is 247 Å². The quantitative estimate of drug-likeness (QED) is 0.141. The maximum absolute atomic E-state index is 6.44. The van der Waals surface area contributed by atoms with Gasteiger partial charge in [-0.25, -0.2) is 0 Å². The lowest BCUT2D eigenvalue weighted by atomic mass is 9.49. The van der Waals surface area contributed by atoms with Crippen molar-refractivity contribution in [3.8, 4) is 55.9 Å². The highest BCUT2D eigenvalue weighted by Crippen LogP contribution is 2.45. The monoisotopic (exact) mass is 1250 g/mol. The lowest BCUT2D eigenvalue weighted by molar-refractivity contribution is 0.00578. The first-order valence-corrected chi connectivity index (χ1v) is 32.1. The molecule has 0 amide bonds. The van der Waals surface area contributed by atoms with Crippen LogP contribution in [0.25, 0.3) is 99.5 Å². The molecule has 12 heteroatoms. The van der Waals surface area contributed by atoms with Gasteiger partial charge < -0.3 is 37.1 Å². The number of halogens is 1. The number of aromatic nitrogens is 2. The van der Waals surface area contributed by atoms with Crippen molar-refractivity contribution in [2.24, 2.45) is 0 Å². The van der Waals surface area contributed by atoms with E-state index in [4.69, 9.17) is 27.9 Å². The molecule has 3 aliphatic heterocycles. The first-order valence-electron chi connectivity index (χ1n) is 31.3. The molecule has 8 nitrogen and oxygen atoms in total. The molecule has 90 heavy (non-hydrogen) atoms. The van der Waals surface area contributed by atoms with Gasteiger partial charge in [-0.2, -0.15) is 0 Å². The van der Waals surface area contributed by atoms with E-state index in [0.717, 1.165) is 26.8 Å². The summed E-state index contributed by atoms with van der Waals surface area (Å²) in [5.41, 5.74) is 15.4. The summed E-state index contributed by atoms with van der Waals surface area (Å²) >= 11 is 3.69. The fourth-order valence-electron chi connectivity index (χ4n) is 12.3. The standard InChI is InChI=1S/C36H32BNO2.C30H20BrN.C12H24B2O4/c1-35(2)36(3,4)40-37(39-35)29-19-20-32-31-17-11-12-18-33(31)38(34(32)24-29)30-22-27(25-13-7-5-8-14-25)21-28(23-30)26-15-9-6-10-16-26;31-25-15-16-28-27-13-7-8-14-29(27)32(30(28)20-25)26-18-23(21-9-3-1-4-10-21)17-24(19-26)22-11-5-2-6-12-22;1-9(2)10(3,4)16-13(15-9)14-17-11(5,6)12(7,8)18-14/h5-24H,1-4H3;1-20H;1-8H3. The van der Waals surface area contributed by atoms with Gasteiger partial charge in [-0.05, 0) is 200 Å². The zero-order valence-electron chi connectivity index (χ0n) is 53.5. The Labute approximate surface area is 539 Å². The Hall–Kier alpha value is -7.77. The van der Waals surface area contributed by atoms with Crippen LogP contribution in [0, 0.1) is 0 Å². The van der Waals surface area contributed by atoms with E-state index in [9.17, 15) is 0 Å². The molecule has 3 fully saturated rings. The molecule has 0 radical (unpaired) electrons. The average Bonchev–Trinajstić information content (AvgIpc) is 1.63. The third-order valence-corrected chi connectivity index (χ3v) is 19.9. The van der Waals surface area contributed by atoms with E-state index < -0.39 is 32.3 Å². The van der Waals surface area contributed by atoms with Gasteiger partial charge in [0, 0.05) is 37.4 Å². The molecular weight excluding hydrogens is 1170 g/mol. The minimum atomic E-state index is -0.476. The second kappa shape index (κ2) is 23.5. The van der Waals surface area contributed by atoms with E-state index in [1.807, 2.05) is 55.4 Å². The maximum Gasteiger partial charge on any atom is 0.494 e. The zero-order chi connectivity index (χ0) is 63.0. The molecule has 0 atom stereocenters. The molecule has 3 aliphatic rings. The van der Waals surface area contributed by atoms with Crippen LogP contribution in [0.15, 0.2) is 247 Å². The van der Waals surface area contributed by atoms with E-state index in [-0.39, 0.29) is 22.4 Å². The summed E-state index contributed by atoms with van der Waals surface area (Å²) in [6, 6.07) is 86.7. The summed E-state index contributed by atoms with van der Waals surface area (Å²) in [5, 5.41) is 4.96. The first kappa shape index (κ1) is 61.1. The van der Waals surface area contributed by atoms with E-state index in [2.05, 4.69) is 295 Å². The Balaban J connectivity index is 0.000000133. The van der Waals surface area contributed by atoms with Gasteiger partial charge in [-0.15, -0.1) is 0 Å². The highest BCUT2D eigenvalue weighted by Gasteiger charge is 2.64. The number of hydrogen-bond acceptors (Lipinski definition) is 6. The molecule has 10 aromatic carbocycles. The highest BCUT2D eigenvalue weighted by atomic mass is 79.9. The van der Waals surface area contributed by atoms with Gasteiger partial charge in [0.15, 0.2) is 0 Å². The van der Waals surface area contributed by atoms with Gasteiger partial charge in [0.1, 0.15) is 0 Å². The summed E-state index contributed by atoms with van der Waals surface area (Å²) in [6.45, 7) is 24.6. The van der Waals surface area contributed by atoms with E-state index in [0.29, 0.717) is 0 Å². The second-order valence-electron chi connectivity index (χ2n) is 27.0. The van der Waals surface area contributed by atoms with Gasteiger partial charge in [-0.3, -0.25) is 0 Å². The Morgan fingerprint density at radius 3 is 0.911 bits per heavy atom. The highest BCUT2D eigenvalue weighted by molar-refractivity contribution is 9.10. The van der Waals surface area contributed by atoms with E-state index in [1.54, 1.807) is 0 Å². The minimum Gasteiger partial charge on any atom is -0.405 e. The first-order chi connectivity index (χ1) is 43.0. The van der Waals surface area contributed by atoms with Gasteiger partial charge in [0.2, 0.25) is 0 Å². The minimum absolute atomic E-state index is 0.360. The fourth-order valence-corrected chi connectivity index (χ4v) is 12.6. The van der Waals surface area contributed by atoms with Crippen molar-refractivity contribution in [2.75, 3.05) is 0 Å². The smallest absolute Gasteiger partial charge is 0.405 e. The largest absolute Gasteiger partial charge is 0.494 e. The fraction of sp³-hybridized carbons (Fsp3) is 0.231. The van der Waals surface area contributed by atoms with Crippen LogP contribution in [0.1, 0.15) is 83.1 Å².